The summed E-state index contributed by atoms with van der Waals surface area (Å²) < 4.78 is 122. The molecule has 0 atom stereocenters. The van der Waals surface area contributed by atoms with Crippen LogP contribution in [0.3, 0.4) is 0 Å². The highest BCUT2D eigenvalue weighted by molar-refractivity contribution is 7.86. The van der Waals surface area contributed by atoms with Crippen molar-refractivity contribution >= 4 is 27.7 Å². The molecule has 16 heteroatoms. The topological polar surface area (TPSA) is 73.0 Å². The molecule has 2 heterocycles. The summed E-state index contributed by atoms with van der Waals surface area (Å²) in [4.78, 5) is 14.6. The fourth-order valence-corrected chi connectivity index (χ4v) is 7.25. The van der Waals surface area contributed by atoms with Gasteiger partial charge in [-0.15, -0.1) is 0 Å². The Morgan fingerprint density at radius 3 is 2.03 bits per heavy atom. The predicted octanol–water partition coefficient (Wildman–Crippen LogP) is 4.24. The molecule has 0 aromatic heterocycles. The highest BCUT2D eigenvalue weighted by Crippen LogP contribution is 2.42. The number of alkyl halides is 7. The molecule has 0 radical (unpaired) electrons. The molecule has 2 saturated heterocycles. The Morgan fingerprint density at radius 2 is 1.51 bits per heavy atom. The number of carbonyl (C=O) groups excluding carboxylic acids is 1. The lowest BCUT2D eigenvalue weighted by Gasteiger charge is -2.50. The molecular weight excluding hydrogens is 581 g/mol. The molecule has 0 spiro atoms. The van der Waals surface area contributed by atoms with E-state index in [0.29, 0.717) is 12.1 Å². The predicted molar refractivity (Wildman–Crippen MR) is 128 cm³/mol. The van der Waals surface area contributed by atoms with Crippen LogP contribution in [0.1, 0.15) is 48.0 Å². The van der Waals surface area contributed by atoms with E-state index in [2.05, 4.69) is 5.32 Å². The molecule has 3 aliphatic rings. The third-order valence-corrected chi connectivity index (χ3v) is 10.0. The average Bonchev–Trinajstić information content (AvgIpc) is 3.23. The van der Waals surface area contributed by atoms with E-state index in [4.69, 9.17) is 11.6 Å². The number of hydrogen-bond donors (Lipinski definition) is 1. The fraction of sp³-hybridized carbons (Fsp3) is 0.696. The zero-order valence-corrected chi connectivity index (χ0v) is 22.3. The molecule has 220 valence electrons. The second-order valence-corrected chi connectivity index (χ2v) is 12.6. The molecule has 0 bridgehead atoms. The minimum absolute atomic E-state index is 0.0217. The first-order valence-electron chi connectivity index (χ1n) is 12.4. The molecule has 7 nitrogen and oxygen atoms in total. The first-order valence-corrected chi connectivity index (χ1v) is 14.1. The summed E-state index contributed by atoms with van der Waals surface area (Å²) in [7, 11) is -4.13. The molecule has 39 heavy (non-hydrogen) atoms. The maximum Gasteiger partial charge on any atom is 0.416 e. The van der Waals surface area contributed by atoms with Crippen LogP contribution in [-0.2, 0) is 16.4 Å². The van der Waals surface area contributed by atoms with Crippen LogP contribution in [0.25, 0.3) is 0 Å². The Balaban J connectivity index is 1.45. The third kappa shape index (κ3) is 6.63. The van der Waals surface area contributed by atoms with Crippen molar-refractivity contribution in [2.75, 3.05) is 45.8 Å². The summed E-state index contributed by atoms with van der Waals surface area (Å²) in [6, 6.07) is 2.28. The Bertz CT molecular complexity index is 1180. The molecule has 1 amide bonds. The van der Waals surface area contributed by atoms with Gasteiger partial charge in [0.15, 0.2) is 0 Å². The maximum absolute atomic E-state index is 14.1. The van der Waals surface area contributed by atoms with Crippen molar-refractivity contribution in [2.45, 2.75) is 55.7 Å². The summed E-state index contributed by atoms with van der Waals surface area (Å²) in [5, 5.41) is 2.20. The van der Waals surface area contributed by atoms with Crippen molar-refractivity contribution in [2.24, 2.45) is 0 Å². The molecular formula is C23H28ClF7N4O3S. The summed E-state index contributed by atoms with van der Waals surface area (Å²) in [5.41, 5.74) is -2.20. The van der Waals surface area contributed by atoms with Gasteiger partial charge in [-0.3, -0.25) is 9.69 Å². The molecule has 0 unspecified atom stereocenters. The van der Waals surface area contributed by atoms with Crippen LogP contribution in [0.5, 0.6) is 0 Å². The smallest absolute Gasteiger partial charge is 0.350 e. The van der Waals surface area contributed by atoms with E-state index in [1.807, 2.05) is 4.90 Å². The molecule has 1 aliphatic carbocycles. The number of benzene rings is 1. The van der Waals surface area contributed by atoms with E-state index in [0.717, 1.165) is 14.7 Å². The number of piperazine rings is 1. The fourth-order valence-electron chi connectivity index (χ4n) is 5.36. The highest BCUT2D eigenvalue weighted by atomic mass is 35.5. The lowest BCUT2D eigenvalue weighted by molar-refractivity contribution is -0.137. The van der Waals surface area contributed by atoms with Crippen LogP contribution < -0.4 is 5.32 Å². The minimum atomic E-state index is -4.65. The van der Waals surface area contributed by atoms with E-state index < -0.39 is 76.1 Å². The monoisotopic (exact) mass is 608 g/mol. The second-order valence-electron chi connectivity index (χ2n) is 10.3. The van der Waals surface area contributed by atoms with Crippen LogP contribution >= 0.6 is 11.6 Å². The first-order chi connectivity index (χ1) is 17.9. The number of carbonyl (C=O) groups is 1. The Hall–Kier alpha value is -1.68. The quantitative estimate of drug-likeness (QED) is 0.491. The van der Waals surface area contributed by atoms with Gasteiger partial charge in [-0.1, -0.05) is 11.6 Å². The van der Waals surface area contributed by atoms with Gasteiger partial charge in [0.05, 0.1) is 22.7 Å². The van der Waals surface area contributed by atoms with Gasteiger partial charge in [0.1, 0.15) is 0 Å². The Labute approximate surface area is 226 Å². The normalized spacial score (nSPS) is 24.5. The van der Waals surface area contributed by atoms with Crippen LogP contribution in [0.4, 0.5) is 30.7 Å². The Kier molecular flexibility index (Phi) is 8.25. The zero-order chi connectivity index (χ0) is 28.9. The zero-order valence-electron chi connectivity index (χ0n) is 20.7. The van der Waals surface area contributed by atoms with Crippen LogP contribution in [0.2, 0.25) is 5.02 Å². The number of hydrogen-bond acceptors (Lipinski definition) is 4. The van der Waals surface area contributed by atoms with Crippen molar-refractivity contribution in [3.63, 3.8) is 0 Å². The molecule has 3 fully saturated rings. The van der Waals surface area contributed by atoms with Gasteiger partial charge in [-0.05, 0) is 31.0 Å². The highest BCUT2D eigenvalue weighted by Gasteiger charge is 2.49. The van der Waals surface area contributed by atoms with E-state index in [1.165, 1.54) is 0 Å². The van der Waals surface area contributed by atoms with E-state index in [1.54, 1.807) is 0 Å². The summed E-state index contributed by atoms with van der Waals surface area (Å²) in [6.07, 6.45) is -6.19. The lowest BCUT2D eigenvalue weighted by atomic mass is 9.78. The Morgan fingerprint density at radius 1 is 0.897 bits per heavy atom. The number of nitrogens with one attached hydrogen (secondary N) is 1. The molecule has 2 aliphatic heterocycles. The summed E-state index contributed by atoms with van der Waals surface area (Å²) in [6.45, 7) is -1.19. The average molecular weight is 609 g/mol. The lowest BCUT2D eigenvalue weighted by Crippen LogP contribution is -2.64. The van der Waals surface area contributed by atoms with Crippen molar-refractivity contribution in [1.29, 1.82) is 0 Å². The van der Waals surface area contributed by atoms with Crippen molar-refractivity contribution in [3.05, 3.63) is 34.3 Å². The first kappa shape index (κ1) is 30.3. The molecule has 4 rings (SSSR count). The van der Waals surface area contributed by atoms with E-state index >= 15 is 0 Å². The van der Waals surface area contributed by atoms with Gasteiger partial charge in [0, 0.05) is 64.1 Å². The van der Waals surface area contributed by atoms with Gasteiger partial charge >= 0.3 is 6.18 Å². The molecule has 1 aromatic rings. The van der Waals surface area contributed by atoms with Gasteiger partial charge in [-0.25, -0.2) is 17.6 Å². The third-order valence-electron chi connectivity index (χ3n) is 7.73. The van der Waals surface area contributed by atoms with Crippen molar-refractivity contribution < 1.29 is 43.9 Å². The SMILES string of the molecule is O=C(NCC1(N2CCN(S(=O)(=O)N3CCC(F)(F)C3)CC2)CCC(F)(F)CC1)c1ccc(C(F)(F)F)cc1Cl. The number of amides is 1. The standard InChI is InChI=1S/C23H28ClF7N4O3S/c24-18-13-16(23(29,30)31)1-2-17(18)19(36)32-14-20(3-5-21(25,26)6-4-20)33-9-11-34(12-10-33)39(37,38)35-8-7-22(27,28)15-35/h1-2,13H,3-12,14-15H2,(H,32,36). The van der Waals surface area contributed by atoms with Gasteiger partial charge in [0.25, 0.3) is 22.0 Å². The number of halogens is 8. The van der Waals surface area contributed by atoms with E-state index in [9.17, 15) is 43.9 Å². The number of nitrogens with zero attached hydrogens (tertiary/aromatic N) is 3. The molecule has 1 aromatic carbocycles. The maximum atomic E-state index is 14.1. The number of rotatable bonds is 6. The van der Waals surface area contributed by atoms with Gasteiger partial charge in [0.2, 0.25) is 5.92 Å². The van der Waals surface area contributed by atoms with Gasteiger partial charge in [-0.2, -0.15) is 30.2 Å². The van der Waals surface area contributed by atoms with Crippen LogP contribution in [0.15, 0.2) is 18.2 Å². The van der Waals surface area contributed by atoms with Crippen molar-refractivity contribution in [1.82, 2.24) is 18.8 Å². The van der Waals surface area contributed by atoms with Crippen LogP contribution in [-0.4, -0.2) is 91.0 Å². The molecule has 1 N–H and O–H groups in total. The summed E-state index contributed by atoms with van der Waals surface area (Å²) in [5.74, 6) is -6.78. The summed E-state index contributed by atoms with van der Waals surface area (Å²) >= 11 is 5.92. The molecule has 1 saturated carbocycles. The van der Waals surface area contributed by atoms with Gasteiger partial charge < -0.3 is 5.32 Å². The minimum Gasteiger partial charge on any atom is -0.350 e. The second kappa shape index (κ2) is 10.6. The largest absolute Gasteiger partial charge is 0.416 e. The van der Waals surface area contributed by atoms with Crippen molar-refractivity contribution in [3.8, 4) is 0 Å². The van der Waals surface area contributed by atoms with Crippen LogP contribution in [0, 0.1) is 0 Å². The van der Waals surface area contributed by atoms with E-state index in [-0.39, 0.29) is 57.7 Å².